The summed E-state index contributed by atoms with van der Waals surface area (Å²) in [5.41, 5.74) is 1.76. The lowest BCUT2D eigenvalue weighted by molar-refractivity contribution is 0.0679. The highest BCUT2D eigenvalue weighted by Gasteiger charge is 2.15. The third-order valence-corrected chi connectivity index (χ3v) is 4.10. The lowest BCUT2D eigenvalue weighted by Gasteiger charge is -2.12. The summed E-state index contributed by atoms with van der Waals surface area (Å²) in [6.45, 7) is 2.84. The van der Waals surface area contributed by atoms with Gasteiger partial charge in [-0.2, -0.15) is 0 Å². The summed E-state index contributed by atoms with van der Waals surface area (Å²) in [5.74, 6) is 0.688. The van der Waals surface area contributed by atoms with Crippen LogP contribution in [0.15, 0.2) is 48.5 Å². The number of urea groups is 1. The van der Waals surface area contributed by atoms with E-state index in [0.29, 0.717) is 23.5 Å². The van der Waals surface area contributed by atoms with Crippen LogP contribution in [-0.4, -0.2) is 31.1 Å². The van der Waals surface area contributed by atoms with E-state index in [1.54, 1.807) is 48.5 Å². The second kappa shape index (κ2) is 8.49. The number of ketones is 1. The average Bonchev–Trinajstić information content (AvgIpc) is 3.15. The first kappa shape index (κ1) is 17.9. The van der Waals surface area contributed by atoms with E-state index < -0.39 is 0 Å². The first-order valence-electron chi connectivity index (χ1n) is 8.63. The van der Waals surface area contributed by atoms with Gasteiger partial charge < -0.3 is 20.1 Å². The maximum atomic E-state index is 12.1. The van der Waals surface area contributed by atoms with Crippen molar-refractivity contribution in [2.75, 3.05) is 23.8 Å². The van der Waals surface area contributed by atoms with Gasteiger partial charge in [0, 0.05) is 23.5 Å². The number of hydrogen-bond acceptors (Lipinski definition) is 4. The van der Waals surface area contributed by atoms with E-state index in [0.717, 1.165) is 25.2 Å². The number of nitrogens with one attached hydrogen (secondary N) is 2. The number of Topliss-reactive ketones (excluding diaryl/α,β-unsaturated/α-hetero) is 1. The molecule has 1 atom stereocenters. The molecule has 1 saturated heterocycles. The highest BCUT2D eigenvalue weighted by Crippen LogP contribution is 2.19. The molecule has 2 aromatic rings. The van der Waals surface area contributed by atoms with Crippen molar-refractivity contribution >= 4 is 23.2 Å². The van der Waals surface area contributed by atoms with Crippen molar-refractivity contribution in [3.8, 4) is 5.75 Å². The Kier molecular flexibility index (Phi) is 5.86. The molecule has 0 saturated carbocycles. The summed E-state index contributed by atoms with van der Waals surface area (Å²) < 4.78 is 11.2. The zero-order valence-electron chi connectivity index (χ0n) is 14.7. The molecule has 2 amide bonds. The topological polar surface area (TPSA) is 76.7 Å². The molecule has 0 bridgehead atoms. The summed E-state index contributed by atoms with van der Waals surface area (Å²) >= 11 is 0. The van der Waals surface area contributed by atoms with Gasteiger partial charge in [-0.3, -0.25) is 4.79 Å². The van der Waals surface area contributed by atoms with Crippen LogP contribution < -0.4 is 15.4 Å². The summed E-state index contributed by atoms with van der Waals surface area (Å²) in [4.78, 5) is 23.5. The van der Waals surface area contributed by atoms with Crippen LogP contribution >= 0.6 is 0 Å². The quantitative estimate of drug-likeness (QED) is 0.766. The third-order valence-electron chi connectivity index (χ3n) is 4.10. The molecule has 2 N–H and O–H groups in total. The minimum absolute atomic E-state index is 0.0485. The Morgan fingerprint density at radius 1 is 1.12 bits per heavy atom. The number of carbonyl (C=O) groups is 2. The van der Waals surface area contributed by atoms with Crippen molar-refractivity contribution < 1.29 is 19.1 Å². The van der Waals surface area contributed by atoms with Crippen LogP contribution in [0.1, 0.15) is 30.1 Å². The molecule has 6 nitrogen and oxygen atoms in total. The lowest BCUT2D eigenvalue weighted by Crippen LogP contribution is -2.19. The van der Waals surface area contributed by atoms with E-state index in [-0.39, 0.29) is 17.9 Å². The summed E-state index contributed by atoms with van der Waals surface area (Å²) in [6, 6.07) is 13.6. The maximum absolute atomic E-state index is 12.1. The molecule has 0 aromatic heterocycles. The van der Waals surface area contributed by atoms with Gasteiger partial charge in [-0.1, -0.05) is 12.1 Å². The fraction of sp³-hybridized carbons (Fsp3) is 0.300. The predicted molar refractivity (Wildman–Crippen MR) is 100.0 cm³/mol. The fourth-order valence-electron chi connectivity index (χ4n) is 2.71. The van der Waals surface area contributed by atoms with Crippen LogP contribution in [0, 0.1) is 0 Å². The van der Waals surface area contributed by atoms with Gasteiger partial charge in [0.25, 0.3) is 0 Å². The SMILES string of the molecule is CC(=O)c1cccc(NC(=O)Nc2ccc(OCC3CCCO3)cc2)c1. The summed E-state index contributed by atoms with van der Waals surface area (Å²) in [7, 11) is 0. The van der Waals surface area contributed by atoms with Crippen molar-refractivity contribution in [3.63, 3.8) is 0 Å². The average molecular weight is 354 g/mol. The van der Waals surface area contributed by atoms with Gasteiger partial charge in [0.2, 0.25) is 0 Å². The van der Waals surface area contributed by atoms with Gasteiger partial charge in [0.15, 0.2) is 5.78 Å². The van der Waals surface area contributed by atoms with Gasteiger partial charge in [-0.25, -0.2) is 4.79 Å². The molecule has 1 aliphatic rings. The Hall–Kier alpha value is -2.86. The van der Waals surface area contributed by atoms with Gasteiger partial charge in [0.1, 0.15) is 12.4 Å². The largest absolute Gasteiger partial charge is 0.491 e. The van der Waals surface area contributed by atoms with E-state index >= 15 is 0 Å². The molecular formula is C20H22N2O4. The molecule has 1 aliphatic heterocycles. The second-order valence-electron chi connectivity index (χ2n) is 6.19. The fourth-order valence-corrected chi connectivity index (χ4v) is 2.71. The van der Waals surface area contributed by atoms with Gasteiger partial charge in [-0.15, -0.1) is 0 Å². The van der Waals surface area contributed by atoms with Gasteiger partial charge in [0.05, 0.1) is 6.10 Å². The molecule has 1 unspecified atom stereocenters. The summed E-state index contributed by atoms with van der Waals surface area (Å²) in [6.07, 6.45) is 2.29. The molecule has 136 valence electrons. The van der Waals surface area contributed by atoms with E-state index in [1.807, 2.05) is 0 Å². The molecule has 0 radical (unpaired) electrons. The number of rotatable bonds is 6. The molecule has 26 heavy (non-hydrogen) atoms. The van der Waals surface area contributed by atoms with Crippen molar-refractivity contribution in [3.05, 3.63) is 54.1 Å². The molecule has 3 rings (SSSR count). The predicted octanol–water partition coefficient (Wildman–Crippen LogP) is 4.09. The van der Waals surface area contributed by atoms with Crippen LogP contribution in [0.4, 0.5) is 16.2 Å². The second-order valence-corrected chi connectivity index (χ2v) is 6.19. The molecular weight excluding hydrogens is 332 g/mol. The molecule has 1 heterocycles. The number of amides is 2. The summed E-state index contributed by atoms with van der Waals surface area (Å²) in [5, 5.41) is 5.46. The normalized spacial score (nSPS) is 16.1. The molecule has 1 fully saturated rings. The zero-order valence-corrected chi connectivity index (χ0v) is 14.7. The van der Waals surface area contributed by atoms with Gasteiger partial charge >= 0.3 is 6.03 Å². The number of carbonyl (C=O) groups excluding carboxylic acids is 2. The monoisotopic (exact) mass is 354 g/mol. The smallest absolute Gasteiger partial charge is 0.323 e. The Bertz CT molecular complexity index is 768. The minimum Gasteiger partial charge on any atom is -0.491 e. The van der Waals surface area contributed by atoms with Crippen molar-refractivity contribution in [2.45, 2.75) is 25.9 Å². The van der Waals surface area contributed by atoms with E-state index in [9.17, 15) is 9.59 Å². The Morgan fingerprint density at radius 2 is 1.88 bits per heavy atom. The third kappa shape index (κ3) is 5.07. The van der Waals surface area contributed by atoms with E-state index in [4.69, 9.17) is 9.47 Å². The number of hydrogen-bond donors (Lipinski definition) is 2. The Balaban J connectivity index is 1.50. The van der Waals surface area contributed by atoms with Crippen LogP contribution in [0.2, 0.25) is 0 Å². The van der Waals surface area contributed by atoms with E-state index in [2.05, 4.69) is 10.6 Å². The highest BCUT2D eigenvalue weighted by atomic mass is 16.5. The van der Waals surface area contributed by atoms with Crippen LogP contribution in [0.25, 0.3) is 0 Å². The van der Waals surface area contributed by atoms with Crippen LogP contribution in [-0.2, 0) is 4.74 Å². The molecule has 6 heteroatoms. The first-order chi connectivity index (χ1) is 12.6. The standard InChI is InChI=1S/C20H22N2O4/c1-14(23)15-4-2-5-17(12-15)22-20(24)21-16-7-9-18(10-8-16)26-13-19-6-3-11-25-19/h2,4-5,7-10,12,19H,3,6,11,13H2,1H3,(H2,21,22,24). The van der Waals surface area contributed by atoms with Crippen molar-refractivity contribution in [1.29, 1.82) is 0 Å². The number of benzene rings is 2. The van der Waals surface area contributed by atoms with Crippen molar-refractivity contribution in [2.24, 2.45) is 0 Å². The number of ether oxygens (including phenoxy) is 2. The van der Waals surface area contributed by atoms with Gasteiger partial charge in [-0.05, 0) is 56.2 Å². The van der Waals surface area contributed by atoms with E-state index in [1.165, 1.54) is 6.92 Å². The minimum atomic E-state index is -0.376. The van der Waals surface area contributed by atoms with Crippen LogP contribution in [0.3, 0.4) is 0 Å². The van der Waals surface area contributed by atoms with Crippen molar-refractivity contribution in [1.82, 2.24) is 0 Å². The molecule has 0 aliphatic carbocycles. The number of anilines is 2. The molecule has 2 aromatic carbocycles. The maximum Gasteiger partial charge on any atom is 0.323 e. The van der Waals surface area contributed by atoms with Crippen LogP contribution in [0.5, 0.6) is 5.75 Å². The Morgan fingerprint density at radius 3 is 2.58 bits per heavy atom. The molecule has 0 spiro atoms. The highest BCUT2D eigenvalue weighted by molar-refractivity contribution is 6.01. The first-order valence-corrected chi connectivity index (χ1v) is 8.63. The lowest BCUT2D eigenvalue weighted by atomic mass is 10.1. The Labute approximate surface area is 152 Å². The zero-order chi connectivity index (χ0) is 18.4.